The first kappa shape index (κ1) is 15.0. The molecule has 0 bridgehead atoms. The number of hydrogen-bond donors (Lipinski definition) is 1. The maximum Gasteiger partial charge on any atom is 0.203 e. The number of nitrogens with zero attached hydrogens (tertiary/aromatic N) is 2. The molecule has 0 aliphatic carbocycles. The largest absolute Gasteiger partial charge is 0.374 e. The van der Waals surface area contributed by atoms with Crippen molar-refractivity contribution in [1.82, 2.24) is 10.2 Å². The number of thioether (sulfide) groups is 1. The molecule has 0 saturated carbocycles. The van der Waals surface area contributed by atoms with Gasteiger partial charge in [0.05, 0.1) is 5.75 Å². The molecule has 0 radical (unpaired) electrons. The van der Waals surface area contributed by atoms with Crippen LogP contribution in [0, 0.1) is 27.7 Å². The number of hydrogen-bond acceptors (Lipinski definition) is 6. The number of benzene rings is 1. The Kier molecular flexibility index (Phi) is 4.45. The number of nitrogens with two attached hydrogens (primary N) is 1. The van der Waals surface area contributed by atoms with E-state index in [0.29, 0.717) is 10.9 Å². The molecular weight excluding hydrogens is 290 g/mol. The maximum absolute atomic E-state index is 12.4. The van der Waals surface area contributed by atoms with Crippen molar-refractivity contribution in [3.8, 4) is 0 Å². The Morgan fingerprint density at radius 2 is 1.90 bits per heavy atom. The quantitative estimate of drug-likeness (QED) is 0.693. The number of aromatic nitrogens is 2. The lowest BCUT2D eigenvalue weighted by Crippen LogP contribution is -2.09. The van der Waals surface area contributed by atoms with Crippen LogP contribution in [0.4, 0.5) is 5.13 Å². The van der Waals surface area contributed by atoms with E-state index in [0.717, 1.165) is 21.0 Å². The highest BCUT2D eigenvalue weighted by molar-refractivity contribution is 8.01. The average Bonchev–Trinajstić information content (AvgIpc) is 2.79. The predicted molar refractivity (Wildman–Crippen MR) is 84.8 cm³/mol. The summed E-state index contributed by atoms with van der Waals surface area (Å²) < 4.78 is 0.731. The summed E-state index contributed by atoms with van der Waals surface area (Å²) in [6.07, 6.45) is 0. The van der Waals surface area contributed by atoms with E-state index < -0.39 is 0 Å². The fourth-order valence-electron chi connectivity index (χ4n) is 2.19. The second kappa shape index (κ2) is 5.93. The summed E-state index contributed by atoms with van der Waals surface area (Å²) >= 11 is 2.69. The minimum atomic E-state index is 0.127. The van der Waals surface area contributed by atoms with Gasteiger partial charge >= 0.3 is 0 Å². The van der Waals surface area contributed by atoms with Gasteiger partial charge in [-0.05, 0) is 49.9 Å². The summed E-state index contributed by atoms with van der Waals surface area (Å²) in [7, 11) is 0. The zero-order valence-corrected chi connectivity index (χ0v) is 13.6. The molecule has 1 aromatic heterocycles. The summed E-state index contributed by atoms with van der Waals surface area (Å²) in [5.41, 5.74) is 10.9. The Bertz CT molecular complexity index is 665. The van der Waals surface area contributed by atoms with E-state index >= 15 is 0 Å². The maximum atomic E-state index is 12.4. The normalized spacial score (nSPS) is 10.8. The predicted octanol–water partition coefficient (Wildman–Crippen LogP) is 3.33. The van der Waals surface area contributed by atoms with Gasteiger partial charge in [-0.3, -0.25) is 4.79 Å². The van der Waals surface area contributed by atoms with Gasteiger partial charge in [0, 0.05) is 5.56 Å². The third-order valence-electron chi connectivity index (χ3n) is 3.38. The summed E-state index contributed by atoms with van der Waals surface area (Å²) in [5.74, 6) is 0.487. The van der Waals surface area contributed by atoms with Crippen LogP contribution in [0.25, 0.3) is 0 Å². The van der Waals surface area contributed by atoms with E-state index in [9.17, 15) is 4.79 Å². The lowest BCUT2D eigenvalue weighted by atomic mass is 9.92. The fourth-order valence-corrected chi connectivity index (χ4v) is 3.70. The zero-order valence-electron chi connectivity index (χ0n) is 12.0. The molecule has 4 nitrogen and oxygen atoms in total. The zero-order chi connectivity index (χ0) is 14.9. The van der Waals surface area contributed by atoms with Gasteiger partial charge in [0.15, 0.2) is 10.1 Å². The molecule has 2 rings (SSSR count). The Labute approximate surface area is 126 Å². The number of aryl methyl sites for hydroxylation is 2. The van der Waals surface area contributed by atoms with Crippen LogP contribution < -0.4 is 5.73 Å². The van der Waals surface area contributed by atoms with Crippen molar-refractivity contribution in [2.45, 2.75) is 32.0 Å². The fraction of sp³-hybridized carbons (Fsp3) is 0.357. The van der Waals surface area contributed by atoms with Gasteiger partial charge in [-0.1, -0.05) is 29.2 Å². The molecule has 0 unspecified atom stereocenters. The summed E-state index contributed by atoms with van der Waals surface area (Å²) in [4.78, 5) is 12.4. The van der Waals surface area contributed by atoms with Crippen LogP contribution in [0.5, 0.6) is 0 Å². The van der Waals surface area contributed by atoms with E-state index in [4.69, 9.17) is 5.73 Å². The number of anilines is 1. The summed E-state index contributed by atoms with van der Waals surface area (Å²) in [6.45, 7) is 8.12. The topological polar surface area (TPSA) is 68.9 Å². The van der Waals surface area contributed by atoms with Gasteiger partial charge in [-0.15, -0.1) is 10.2 Å². The Balaban J connectivity index is 2.19. The Morgan fingerprint density at radius 3 is 2.50 bits per heavy atom. The first-order chi connectivity index (χ1) is 9.40. The van der Waals surface area contributed by atoms with Crippen LogP contribution in [0.15, 0.2) is 10.4 Å². The lowest BCUT2D eigenvalue weighted by molar-refractivity contribution is 0.102. The number of nitrogen functional groups attached to an aromatic ring is 1. The molecule has 0 spiro atoms. The number of ketones is 1. The number of carbonyl (C=O) groups is 1. The van der Waals surface area contributed by atoms with Crippen LogP contribution in [0.1, 0.15) is 32.6 Å². The van der Waals surface area contributed by atoms with E-state index in [1.54, 1.807) is 0 Å². The Hall–Kier alpha value is -1.40. The molecule has 0 amide bonds. The Morgan fingerprint density at radius 1 is 1.20 bits per heavy atom. The molecule has 0 aliphatic rings. The molecule has 2 N–H and O–H groups in total. The lowest BCUT2D eigenvalue weighted by Gasteiger charge is -2.13. The van der Waals surface area contributed by atoms with Crippen LogP contribution in [0.2, 0.25) is 0 Å². The van der Waals surface area contributed by atoms with Crippen molar-refractivity contribution in [3.05, 3.63) is 33.9 Å². The molecule has 1 heterocycles. The van der Waals surface area contributed by atoms with E-state index in [1.165, 1.54) is 34.2 Å². The van der Waals surface area contributed by atoms with Crippen molar-refractivity contribution in [1.29, 1.82) is 0 Å². The average molecular weight is 307 g/mol. The van der Waals surface area contributed by atoms with Crippen LogP contribution in [-0.4, -0.2) is 21.7 Å². The van der Waals surface area contributed by atoms with Gasteiger partial charge in [-0.2, -0.15) is 0 Å². The van der Waals surface area contributed by atoms with Gasteiger partial charge < -0.3 is 5.73 Å². The third kappa shape index (κ3) is 3.02. The van der Waals surface area contributed by atoms with E-state index in [2.05, 4.69) is 30.1 Å². The van der Waals surface area contributed by atoms with Crippen molar-refractivity contribution in [2.75, 3.05) is 11.5 Å². The van der Waals surface area contributed by atoms with Crippen molar-refractivity contribution in [3.63, 3.8) is 0 Å². The molecule has 6 heteroatoms. The van der Waals surface area contributed by atoms with E-state index in [1.807, 2.05) is 13.8 Å². The van der Waals surface area contributed by atoms with Gasteiger partial charge in [0.1, 0.15) is 0 Å². The van der Waals surface area contributed by atoms with Crippen LogP contribution >= 0.6 is 23.1 Å². The highest BCUT2D eigenvalue weighted by atomic mass is 32.2. The molecule has 0 atom stereocenters. The highest BCUT2D eigenvalue weighted by Gasteiger charge is 2.16. The summed E-state index contributed by atoms with van der Waals surface area (Å²) in [6, 6.07) is 2.07. The first-order valence-electron chi connectivity index (χ1n) is 6.22. The number of Topliss-reactive ketones (excluding diaryl/α,β-unsaturated/α-hetero) is 1. The van der Waals surface area contributed by atoms with Crippen molar-refractivity contribution >= 4 is 34.0 Å². The molecule has 0 saturated heterocycles. The highest BCUT2D eigenvalue weighted by Crippen LogP contribution is 2.27. The SMILES string of the molecule is Cc1cc(C)c(C(=O)CSc2nnc(N)s2)c(C)c1C. The molecule has 1 aromatic carbocycles. The minimum absolute atomic E-state index is 0.127. The molecular formula is C14H17N3OS2. The minimum Gasteiger partial charge on any atom is -0.374 e. The van der Waals surface area contributed by atoms with Crippen LogP contribution in [0.3, 0.4) is 0 Å². The smallest absolute Gasteiger partial charge is 0.203 e. The van der Waals surface area contributed by atoms with Crippen molar-refractivity contribution < 1.29 is 4.79 Å². The van der Waals surface area contributed by atoms with Gasteiger partial charge in [-0.25, -0.2) is 0 Å². The summed E-state index contributed by atoms with van der Waals surface area (Å²) in [5, 5.41) is 8.08. The second-order valence-corrected chi connectivity index (χ2v) is 6.98. The second-order valence-electron chi connectivity index (χ2n) is 4.75. The van der Waals surface area contributed by atoms with Crippen molar-refractivity contribution in [2.24, 2.45) is 0 Å². The van der Waals surface area contributed by atoms with Gasteiger partial charge in [0.2, 0.25) is 5.13 Å². The molecule has 2 aromatic rings. The monoisotopic (exact) mass is 307 g/mol. The van der Waals surface area contributed by atoms with Gasteiger partial charge in [0.25, 0.3) is 0 Å². The van der Waals surface area contributed by atoms with E-state index in [-0.39, 0.29) is 5.78 Å². The van der Waals surface area contributed by atoms with Crippen LogP contribution in [-0.2, 0) is 0 Å². The number of carbonyl (C=O) groups excluding carboxylic acids is 1. The molecule has 0 aliphatic heterocycles. The standard InChI is InChI=1S/C14H17N3OS2/c1-7-5-8(2)12(10(4)9(7)3)11(18)6-19-14-17-16-13(15)20-14/h5H,6H2,1-4H3,(H2,15,16). The number of rotatable bonds is 4. The first-order valence-corrected chi connectivity index (χ1v) is 8.02. The molecule has 106 valence electrons. The molecule has 0 fully saturated rings. The third-order valence-corrected chi connectivity index (χ3v) is 5.27. The molecule has 20 heavy (non-hydrogen) atoms.